The van der Waals surface area contributed by atoms with Crippen LogP contribution in [0.15, 0.2) is 0 Å². The molecule has 1 rings (SSSR count). The van der Waals surface area contributed by atoms with E-state index in [0.717, 1.165) is 25.7 Å². The summed E-state index contributed by atoms with van der Waals surface area (Å²) in [6.45, 7) is 5.22. The molecular weight excluding hydrogens is 258 g/mol. The number of ether oxygens (including phenoxy) is 1. The number of amides is 1. The lowest BCUT2D eigenvalue weighted by molar-refractivity contribution is -0.144. The van der Waals surface area contributed by atoms with Crippen LogP contribution in [0.1, 0.15) is 59.3 Å². The Kier molecular flexibility index (Phi) is 6.99. The summed E-state index contributed by atoms with van der Waals surface area (Å²) < 4.78 is 5.88. The van der Waals surface area contributed by atoms with E-state index in [1.54, 1.807) is 13.8 Å². The molecule has 0 aromatic heterocycles. The van der Waals surface area contributed by atoms with Crippen LogP contribution in [-0.4, -0.2) is 35.2 Å². The van der Waals surface area contributed by atoms with Gasteiger partial charge in [-0.2, -0.15) is 0 Å². The first-order chi connectivity index (χ1) is 9.45. The van der Waals surface area contributed by atoms with Gasteiger partial charge in [0.1, 0.15) is 6.10 Å². The zero-order valence-corrected chi connectivity index (χ0v) is 12.7. The molecule has 0 aromatic carbocycles. The minimum absolute atomic E-state index is 0.173. The molecule has 0 aliphatic heterocycles. The topological polar surface area (TPSA) is 75.6 Å². The summed E-state index contributed by atoms with van der Waals surface area (Å²) in [5.41, 5.74) is 0. The van der Waals surface area contributed by atoms with Gasteiger partial charge in [0.05, 0.1) is 12.0 Å². The van der Waals surface area contributed by atoms with Gasteiger partial charge in [-0.25, -0.2) is 0 Å². The van der Waals surface area contributed by atoms with Crippen molar-refractivity contribution in [2.24, 2.45) is 5.92 Å². The third-order valence-electron chi connectivity index (χ3n) is 4.08. The molecule has 5 heteroatoms. The van der Waals surface area contributed by atoms with E-state index in [1.807, 2.05) is 6.92 Å². The fourth-order valence-electron chi connectivity index (χ4n) is 2.43. The highest BCUT2D eigenvalue weighted by atomic mass is 16.5. The first kappa shape index (κ1) is 17.0. The number of nitrogens with one attached hydrogen (secondary N) is 1. The molecule has 0 aromatic rings. The maximum absolute atomic E-state index is 12.2. The molecule has 2 N–H and O–H groups in total. The lowest BCUT2D eigenvalue weighted by Crippen LogP contribution is -2.46. The van der Waals surface area contributed by atoms with E-state index >= 15 is 0 Å². The summed E-state index contributed by atoms with van der Waals surface area (Å²) in [7, 11) is 0. The first-order valence-corrected chi connectivity index (χ1v) is 7.64. The molecule has 0 spiro atoms. The Hall–Kier alpha value is -1.10. The van der Waals surface area contributed by atoms with Gasteiger partial charge in [0.25, 0.3) is 0 Å². The Labute approximate surface area is 121 Å². The number of carbonyl (C=O) groups is 2. The minimum Gasteiger partial charge on any atom is -0.481 e. The van der Waals surface area contributed by atoms with Crippen molar-refractivity contribution in [3.8, 4) is 0 Å². The fraction of sp³-hybridized carbons (Fsp3) is 0.867. The van der Waals surface area contributed by atoms with Crippen LogP contribution in [0.4, 0.5) is 0 Å². The van der Waals surface area contributed by atoms with E-state index in [-0.39, 0.29) is 12.0 Å². The SMILES string of the molecule is CCC(OC1CCCCC1)C(=O)NC(C)C(C)C(=O)O. The molecule has 0 bridgehead atoms. The number of hydrogen-bond acceptors (Lipinski definition) is 3. The Bertz CT molecular complexity index is 326. The normalized spacial score (nSPS) is 20.9. The van der Waals surface area contributed by atoms with Gasteiger partial charge in [-0.3, -0.25) is 9.59 Å². The van der Waals surface area contributed by atoms with Gasteiger partial charge >= 0.3 is 5.97 Å². The van der Waals surface area contributed by atoms with Crippen LogP contribution < -0.4 is 5.32 Å². The van der Waals surface area contributed by atoms with Crippen molar-refractivity contribution >= 4 is 11.9 Å². The third kappa shape index (κ3) is 5.12. The second-order valence-corrected chi connectivity index (χ2v) is 5.72. The highest BCUT2D eigenvalue weighted by Gasteiger charge is 2.27. The fourth-order valence-corrected chi connectivity index (χ4v) is 2.43. The van der Waals surface area contributed by atoms with Crippen LogP contribution in [0.3, 0.4) is 0 Å². The van der Waals surface area contributed by atoms with Crippen LogP contribution >= 0.6 is 0 Å². The monoisotopic (exact) mass is 285 g/mol. The van der Waals surface area contributed by atoms with Gasteiger partial charge in [0.2, 0.25) is 5.91 Å². The van der Waals surface area contributed by atoms with Crippen molar-refractivity contribution in [2.75, 3.05) is 0 Å². The maximum Gasteiger partial charge on any atom is 0.308 e. The van der Waals surface area contributed by atoms with Crippen LogP contribution in [0.2, 0.25) is 0 Å². The largest absolute Gasteiger partial charge is 0.481 e. The van der Waals surface area contributed by atoms with E-state index in [2.05, 4.69) is 5.32 Å². The molecule has 1 fully saturated rings. The van der Waals surface area contributed by atoms with E-state index in [9.17, 15) is 9.59 Å². The number of hydrogen-bond donors (Lipinski definition) is 2. The summed E-state index contributed by atoms with van der Waals surface area (Å²) in [6, 6.07) is -0.399. The molecule has 0 saturated heterocycles. The van der Waals surface area contributed by atoms with E-state index < -0.39 is 24.0 Å². The van der Waals surface area contributed by atoms with Crippen molar-refractivity contribution in [2.45, 2.75) is 77.5 Å². The number of carbonyl (C=O) groups excluding carboxylic acids is 1. The molecule has 1 aliphatic rings. The predicted molar refractivity (Wildman–Crippen MR) is 76.4 cm³/mol. The van der Waals surface area contributed by atoms with Crippen LogP contribution in [-0.2, 0) is 14.3 Å². The number of carboxylic acid groups (broad SMARTS) is 1. The van der Waals surface area contributed by atoms with Crippen molar-refractivity contribution in [3.63, 3.8) is 0 Å². The lowest BCUT2D eigenvalue weighted by Gasteiger charge is -2.28. The molecule has 3 unspecified atom stereocenters. The van der Waals surface area contributed by atoms with Crippen LogP contribution in [0.5, 0.6) is 0 Å². The zero-order valence-electron chi connectivity index (χ0n) is 12.7. The first-order valence-electron chi connectivity index (χ1n) is 7.64. The highest BCUT2D eigenvalue weighted by molar-refractivity contribution is 5.82. The average molecular weight is 285 g/mol. The van der Waals surface area contributed by atoms with E-state index in [0.29, 0.717) is 6.42 Å². The van der Waals surface area contributed by atoms with Crippen molar-refractivity contribution in [3.05, 3.63) is 0 Å². The molecular formula is C15H27NO4. The Morgan fingerprint density at radius 3 is 2.35 bits per heavy atom. The molecule has 0 heterocycles. The minimum atomic E-state index is -0.904. The highest BCUT2D eigenvalue weighted by Crippen LogP contribution is 2.22. The second-order valence-electron chi connectivity index (χ2n) is 5.72. The lowest BCUT2D eigenvalue weighted by atomic mass is 9.97. The van der Waals surface area contributed by atoms with Crippen molar-refractivity contribution < 1.29 is 19.4 Å². The van der Waals surface area contributed by atoms with Gasteiger partial charge in [-0.05, 0) is 33.1 Å². The van der Waals surface area contributed by atoms with Crippen LogP contribution in [0, 0.1) is 5.92 Å². The summed E-state index contributed by atoms with van der Waals surface area (Å²) >= 11 is 0. The third-order valence-corrected chi connectivity index (χ3v) is 4.08. The van der Waals surface area contributed by atoms with Gasteiger partial charge in [0, 0.05) is 6.04 Å². The van der Waals surface area contributed by atoms with E-state index in [4.69, 9.17) is 9.84 Å². The standard InChI is InChI=1S/C15H27NO4/c1-4-13(20-12-8-6-5-7-9-12)14(17)16-11(3)10(2)15(18)19/h10-13H,4-9H2,1-3H3,(H,16,17)(H,18,19). The molecule has 1 saturated carbocycles. The van der Waals surface area contributed by atoms with Crippen LogP contribution in [0.25, 0.3) is 0 Å². The average Bonchev–Trinajstić information content (AvgIpc) is 2.44. The Morgan fingerprint density at radius 2 is 1.85 bits per heavy atom. The zero-order chi connectivity index (χ0) is 15.1. The predicted octanol–water partition coefficient (Wildman–Crippen LogP) is 2.34. The molecule has 0 radical (unpaired) electrons. The van der Waals surface area contributed by atoms with E-state index in [1.165, 1.54) is 6.42 Å². The smallest absolute Gasteiger partial charge is 0.308 e. The number of rotatable bonds is 7. The number of aliphatic carboxylic acids is 1. The summed E-state index contributed by atoms with van der Waals surface area (Å²) in [6.07, 6.45) is 5.92. The van der Waals surface area contributed by atoms with Crippen molar-refractivity contribution in [1.82, 2.24) is 5.32 Å². The Morgan fingerprint density at radius 1 is 1.25 bits per heavy atom. The Balaban J connectivity index is 2.47. The van der Waals surface area contributed by atoms with Gasteiger partial charge in [0.15, 0.2) is 0 Å². The van der Waals surface area contributed by atoms with Gasteiger partial charge in [-0.1, -0.05) is 26.2 Å². The second kappa shape index (κ2) is 8.25. The molecule has 1 amide bonds. The molecule has 3 atom stereocenters. The molecule has 20 heavy (non-hydrogen) atoms. The van der Waals surface area contributed by atoms with Crippen molar-refractivity contribution in [1.29, 1.82) is 0 Å². The molecule has 1 aliphatic carbocycles. The quantitative estimate of drug-likeness (QED) is 0.753. The molecule has 116 valence electrons. The summed E-state index contributed by atoms with van der Waals surface area (Å²) in [5, 5.41) is 11.7. The van der Waals surface area contributed by atoms with Gasteiger partial charge < -0.3 is 15.2 Å². The maximum atomic E-state index is 12.2. The molecule has 5 nitrogen and oxygen atoms in total. The van der Waals surface area contributed by atoms with Gasteiger partial charge in [-0.15, -0.1) is 0 Å². The number of carboxylic acids is 1. The summed E-state index contributed by atoms with van der Waals surface area (Å²) in [5.74, 6) is -1.70. The summed E-state index contributed by atoms with van der Waals surface area (Å²) in [4.78, 5) is 23.1.